The first-order valence-corrected chi connectivity index (χ1v) is 8.64. The molecule has 23 heavy (non-hydrogen) atoms. The minimum absolute atomic E-state index is 0.0495. The van der Waals surface area contributed by atoms with E-state index in [1.807, 2.05) is 12.1 Å². The van der Waals surface area contributed by atoms with Gasteiger partial charge in [0.15, 0.2) is 0 Å². The summed E-state index contributed by atoms with van der Waals surface area (Å²) >= 11 is 0. The molecule has 2 aliphatic heterocycles. The van der Waals surface area contributed by atoms with Gasteiger partial charge in [-0.15, -0.1) is 0 Å². The average molecular weight is 321 g/mol. The minimum Gasteiger partial charge on any atom is -0.467 e. The number of hydrogen-bond acceptors (Lipinski definition) is 5. The zero-order chi connectivity index (χ0) is 16.1. The number of carbonyl (C=O) groups is 1. The lowest BCUT2D eigenvalue weighted by Crippen LogP contribution is -2.46. The number of hydrogen-bond donors (Lipinski definition) is 2. The molecule has 0 aromatic carbocycles. The third-order valence-corrected chi connectivity index (χ3v) is 5.04. The van der Waals surface area contributed by atoms with Crippen molar-refractivity contribution >= 4 is 5.91 Å². The van der Waals surface area contributed by atoms with Crippen molar-refractivity contribution in [3.63, 3.8) is 0 Å². The number of carbonyl (C=O) groups excluding carboxylic acids is 1. The number of aliphatic hydroxyl groups excluding tert-OH is 1. The lowest BCUT2D eigenvalue weighted by atomic mass is 10.2. The molecule has 0 saturated carbocycles. The summed E-state index contributed by atoms with van der Waals surface area (Å²) in [6, 6.07) is 4.43. The van der Waals surface area contributed by atoms with Gasteiger partial charge in [-0.3, -0.25) is 14.6 Å². The fourth-order valence-corrected chi connectivity index (χ4v) is 3.76. The summed E-state index contributed by atoms with van der Waals surface area (Å²) in [5, 5.41) is 12.4. The Morgan fingerprint density at radius 1 is 1.26 bits per heavy atom. The van der Waals surface area contributed by atoms with Gasteiger partial charge in [0.05, 0.1) is 26.0 Å². The number of likely N-dealkylation sites (tertiary alicyclic amines) is 2. The number of nitrogens with one attached hydrogen (secondary N) is 1. The highest BCUT2D eigenvalue weighted by Crippen LogP contribution is 2.23. The molecule has 2 atom stereocenters. The average Bonchev–Trinajstić information content (AvgIpc) is 3.28. The summed E-state index contributed by atoms with van der Waals surface area (Å²) < 4.78 is 5.23. The predicted molar refractivity (Wildman–Crippen MR) is 86.8 cm³/mol. The fourth-order valence-electron chi connectivity index (χ4n) is 3.76. The van der Waals surface area contributed by atoms with Crippen molar-refractivity contribution in [2.75, 3.05) is 32.8 Å². The standard InChI is InChI=1S/C17H27N3O3/c21-13-15-5-2-7-19(15)11-14-4-1-8-20(14)12-17(22)18-10-16-6-3-9-23-16/h3,6,9,14-15,21H,1-2,4-5,7-8,10-13H2,(H,18,22). The lowest BCUT2D eigenvalue weighted by molar-refractivity contribution is -0.122. The van der Waals surface area contributed by atoms with Crippen LogP contribution in [0.15, 0.2) is 22.8 Å². The Balaban J connectivity index is 1.45. The van der Waals surface area contributed by atoms with Gasteiger partial charge in [0, 0.05) is 18.6 Å². The van der Waals surface area contributed by atoms with Gasteiger partial charge in [-0.25, -0.2) is 0 Å². The van der Waals surface area contributed by atoms with Crippen LogP contribution in [0.25, 0.3) is 0 Å². The summed E-state index contributed by atoms with van der Waals surface area (Å²) in [5.74, 6) is 0.826. The second kappa shape index (κ2) is 7.95. The summed E-state index contributed by atoms with van der Waals surface area (Å²) in [4.78, 5) is 16.8. The van der Waals surface area contributed by atoms with E-state index in [0.29, 0.717) is 25.2 Å². The Kier molecular flexibility index (Phi) is 5.70. The van der Waals surface area contributed by atoms with E-state index in [1.165, 1.54) is 6.42 Å². The van der Waals surface area contributed by atoms with Crippen LogP contribution in [0.2, 0.25) is 0 Å². The molecule has 2 unspecified atom stereocenters. The molecule has 6 nitrogen and oxygen atoms in total. The first-order valence-electron chi connectivity index (χ1n) is 8.64. The zero-order valence-corrected chi connectivity index (χ0v) is 13.6. The molecule has 1 aromatic heterocycles. The second-order valence-corrected chi connectivity index (χ2v) is 6.60. The van der Waals surface area contributed by atoms with Crippen molar-refractivity contribution in [3.8, 4) is 0 Å². The van der Waals surface area contributed by atoms with Crippen molar-refractivity contribution in [3.05, 3.63) is 24.2 Å². The van der Waals surface area contributed by atoms with Crippen LogP contribution in [0, 0.1) is 0 Å². The number of nitrogens with zero attached hydrogens (tertiary/aromatic N) is 2. The van der Waals surface area contributed by atoms with Crippen molar-refractivity contribution < 1.29 is 14.3 Å². The summed E-state index contributed by atoms with van der Waals surface area (Å²) in [6.07, 6.45) is 6.16. The number of rotatable bonds is 7. The maximum atomic E-state index is 12.1. The van der Waals surface area contributed by atoms with Gasteiger partial charge in [-0.05, 0) is 50.9 Å². The van der Waals surface area contributed by atoms with Crippen molar-refractivity contribution in [2.24, 2.45) is 0 Å². The molecule has 128 valence electrons. The van der Waals surface area contributed by atoms with Crippen LogP contribution in [-0.2, 0) is 11.3 Å². The maximum absolute atomic E-state index is 12.1. The van der Waals surface area contributed by atoms with Crippen molar-refractivity contribution in [1.29, 1.82) is 0 Å². The quantitative estimate of drug-likeness (QED) is 0.778. The summed E-state index contributed by atoms with van der Waals surface area (Å²) in [6.45, 7) is 4.16. The summed E-state index contributed by atoms with van der Waals surface area (Å²) in [5.41, 5.74) is 0. The molecule has 3 rings (SSSR count). The largest absolute Gasteiger partial charge is 0.467 e. The van der Waals surface area contributed by atoms with Gasteiger partial charge in [-0.2, -0.15) is 0 Å². The third kappa shape index (κ3) is 4.34. The number of aliphatic hydroxyl groups is 1. The van der Waals surface area contributed by atoms with E-state index < -0.39 is 0 Å². The molecule has 3 heterocycles. The molecule has 0 radical (unpaired) electrons. The van der Waals surface area contributed by atoms with Crippen LogP contribution < -0.4 is 5.32 Å². The molecule has 0 spiro atoms. The monoisotopic (exact) mass is 321 g/mol. The van der Waals surface area contributed by atoms with E-state index in [0.717, 1.165) is 44.7 Å². The van der Waals surface area contributed by atoms with Gasteiger partial charge in [-0.1, -0.05) is 0 Å². The topological polar surface area (TPSA) is 69.0 Å². The van der Waals surface area contributed by atoms with Crippen LogP contribution in [0.5, 0.6) is 0 Å². The molecule has 2 N–H and O–H groups in total. The predicted octanol–water partition coefficient (Wildman–Crippen LogP) is 0.817. The van der Waals surface area contributed by atoms with E-state index >= 15 is 0 Å². The minimum atomic E-state index is 0.0495. The Hall–Kier alpha value is -1.37. The number of amides is 1. The fraction of sp³-hybridized carbons (Fsp3) is 0.706. The molecule has 2 aliphatic rings. The van der Waals surface area contributed by atoms with Crippen LogP contribution in [-0.4, -0.2) is 65.7 Å². The smallest absolute Gasteiger partial charge is 0.234 e. The molecular weight excluding hydrogens is 294 g/mol. The highest BCUT2D eigenvalue weighted by Gasteiger charge is 2.31. The normalized spacial score (nSPS) is 26.0. The number of furan rings is 1. The van der Waals surface area contributed by atoms with Gasteiger partial charge < -0.3 is 14.8 Å². The first kappa shape index (κ1) is 16.5. The van der Waals surface area contributed by atoms with E-state index in [4.69, 9.17) is 4.42 Å². The highest BCUT2D eigenvalue weighted by atomic mass is 16.3. The van der Waals surface area contributed by atoms with Crippen LogP contribution in [0.4, 0.5) is 0 Å². The molecule has 0 bridgehead atoms. The summed E-state index contributed by atoms with van der Waals surface area (Å²) in [7, 11) is 0. The third-order valence-electron chi connectivity index (χ3n) is 5.04. The van der Waals surface area contributed by atoms with E-state index in [9.17, 15) is 9.90 Å². The Labute approximate surface area is 137 Å². The molecule has 1 amide bonds. The van der Waals surface area contributed by atoms with Crippen molar-refractivity contribution in [1.82, 2.24) is 15.1 Å². The molecule has 2 saturated heterocycles. The Bertz CT molecular complexity index is 491. The van der Waals surface area contributed by atoms with Crippen molar-refractivity contribution in [2.45, 2.75) is 44.3 Å². The maximum Gasteiger partial charge on any atom is 0.234 e. The second-order valence-electron chi connectivity index (χ2n) is 6.60. The SMILES string of the molecule is O=C(CN1CCCC1CN1CCCC1CO)NCc1ccco1. The zero-order valence-electron chi connectivity index (χ0n) is 13.6. The highest BCUT2D eigenvalue weighted by molar-refractivity contribution is 5.78. The van der Waals surface area contributed by atoms with E-state index in [2.05, 4.69) is 15.1 Å². The van der Waals surface area contributed by atoms with Gasteiger partial charge in [0.25, 0.3) is 0 Å². The van der Waals surface area contributed by atoms with Gasteiger partial charge in [0.1, 0.15) is 5.76 Å². The first-order chi connectivity index (χ1) is 11.3. The molecule has 6 heteroatoms. The molecule has 0 aliphatic carbocycles. The van der Waals surface area contributed by atoms with Gasteiger partial charge >= 0.3 is 0 Å². The van der Waals surface area contributed by atoms with Crippen LogP contribution >= 0.6 is 0 Å². The van der Waals surface area contributed by atoms with E-state index in [1.54, 1.807) is 6.26 Å². The Morgan fingerprint density at radius 3 is 2.78 bits per heavy atom. The van der Waals surface area contributed by atoms with Gasteiger partial charge in [0.2, 0.25) is 5.91 Å². The Morgan fingerprint density at radius 2 is 2.04 bits per heavy atom. The molecule has 1 aromatic rings. The van der Waals surface area contributed by atoms with Crippen LogP contribution in [0.1, 0.15) is 31.4 Å². The lowest BCUT2D eigenvalue weighted by Gasteiger charge is -2.30. The van der Waals surface area contributed by atoms with E-state index in [-0.39, 0.29) is 12.5 Å². The molecular formula is C17H27N3O3. The van der Waals surface area contributed by atoms with Crippen LogP contribution in [0.3, 0.4) is 0 Å². The molecule has 2 fully saturated rings.